The molecule has 52 heavy (non-hydrogen) atoms. The summed E-state index contributed by atoms with van der Waals surface area (Å²) in [4.78, 5) is 63.0. The SMILES string of the molecule is C[C@H]1[C@H](c2ccccc2)OC(=O)[C@H]2[C@@H]3O[C@@]4(C=C3Br)[C@@H]2C(=O)N([C@H](CO)c2ccccc2)[C@@H]4C(=O)N(Cc2ccccc2)C/C=C\CCC(=O)N1C. The Morgan fingerprint density at radius 1 is 0.885 bits per heavy atom. The number of fused-ring (bicyclic) bond motifs is 2. The van der Waals surface area contributed by atoms with E-state index in [1.165, 1.54) is 4.90 Å². The molecular formula is C41H42BrN3O7. The minimum Gasteiger partial charge on any atom is -0.455 e. The molecule has 4 heterocycles. The fraction of sp³-hybridized carbons (Fsp3) is 0.366. The number of amides is 3. The van der Waals surface area contributed by atoms with Gasteiger partial charge in [0.25, 0.3) is 0 Å². The minimum atomic E-state index is -1.53. The van der Waals surface area contributed by atoms with Gasteiger partial charge in [-0.2, -0.15) is 0 Å². The van der Waals surface area contributed by atoms with E-state index in [9.17, 15) is 14.7 Å². The number of carbonyl (C=O) groups excluding carboxylic acids is 4. The van der Waals surface area contributed by atoms with Gasteiger partial charge in [-0.25, -0.2) is 0 Å². The first-order valence-corrected chi connectivity index (χ1v) is 18.5. The van der Waals surface area contributed by atoms with Gasteiger partial charge in [-0.1, -0.05) is 119 Å². The average Bonchev–Trinajstić information content (AvgIpc) is 3.76. The van der Waals surface area contributed by atoms with Crippen molar-refractivity contribution in [3.8, 4) is 0 Å². The highest BCUT2D eigenvalue weighted by molar-refractivity contribution is 9.11. The molecule has 0 unspecified atom stereocenters. The zero-order chi connectivity index (χ0) is 36.6. The second-order valence-corrected chi connectivity index (χ2v) is 14.8. The van der Waals surface area contributed by atoms with E-state index in [1.54, 1.807) is 22.9 Å². The standard InChI is InChI=1S/C41H42BrN3O7/c1-26-35(29-19-11-5-12-20-29)51-40(50)33-34-38(48)45(31(25-46)28-17-9-4-10-18-28)37(41(34)23-30(42)36(33)52-41)39(49)44(24-27-15-7-3-8-16-27)22-14-6-13-21-32(47)43(26)2/h3-12,14-20,23,26,31,33-37,46H,13,21-22,24-25H2,1-2H3/b14-6-/t26-,31+,33+,34-,35+,36+,37+,41-/m0/s1. The molecule has 0 aliphatic carbocycles. The summed E-state index contributed by atoms with van der Waals surface area (Å²) in [5.41, 5.74) is 0.695. The third-order valence-electron chi connectivity index (χ3n) is 10.9. The second kappa shape index (κ2) is 14.8. The average molecular weight is 769 g/mol. The van der Waals surface area contributed by atoms with Gasteiger partial charge in [0.05, 0.1) is 24.6 Å². The van der Waals surface area contributed by atoms with Crippen LogP contribution in [-0.2, 0) is 35.2 Å². The number of carbonyl (C=O) groups is 4. The van der Waals surface area contributed by atoms with Crippen LogP contribution in [0, 0.1) is 11.8 Å². The van der Waals surface area contributed by atoms with Gasteiger partial charge in [0.15, 0.2) is 0 Å². The van der Waals surface area contributed by atoms with Crippen molar-refractivity contribution >= 4 is 39.6 Å². The summed E-state index contributed by atoms with van der Waals surface area (Å²) in [6.07, 6.45) is 4.44. The number of nitrogens with zero attached hydrogens (tertiary/aromatic N) is 3. The van der Waals surface area contributed by atoms with Crippen LogP contribution < -0.4 is 0 Å². The zero-order valence-corrected chi connectivity index (χ0v) is 30.7. The normalized spacial score (nSPS) is 30.6. The summed E-state index contributed by atoms with van der Waals surface area (Å²) in [6, 6.07) is 25.2. The van der Waals surface area contributed by atoms with Crippen LogP contribution in [0.3, 0.4) is 0 Å². The maximum atomic E-state index is 15.2. The molecule has 4 aliphatic rings. The Balaban J connectivity index is 1.37. The summed E-state index contributed by atoms with van der Waals surface area (Å²) in [5.74, 6) is -3.88. The van der Waals surface area contributed by atoms with Gasteiger partial charge in [-0.15, -0.1) is 0 Å². The molecule has 7 rings (SSSR count). The fourth-order valence-corrected chi connectivity index (χ4v) is 8.94. The highest BCUT2D eigenvalue weighted by Crippen LogP contribution is 2.60. The number of cyclic esters (lactones) is 1. The van der Waals surface area contributed by atoms with Gasteiger partial charge < -0.3 is 29.3 Å². The lowest BCUT2D eigenvalue weighted by Crippen LogP contribution is -2.56. The van der Waals surface area contributed by atoms with Gasteiger partial charge in [-0.05, 0) is 36.1 Å². The summed E-state index contributed by atoms with van der Waals surface area (Å²) >= 11 is 3.63. The van der Waals surface area contributed by atoms with Gasteiger partial charge >= 0.3 is 5.97 Å². The second-order valence-electron chi connectivity index (χ2n) is 13.9. The fourth-order valence-electron chi connectivity index (χ4n) is 8.20. The van der Waals surface area contributed by atoms with Crippen molar-refractivity contribution in [2.75, 3.05) is 20.2 Å². The largest absolute Gasteiger partial charge is 0.455 e. The van der Waals surface area contributed by atoms with Crippen molar-refractivity contribution < 1.29 is 33.8 Å². The summed E-state index contributed by atoms with van der Waals surface area (Å²) in [6.45, 7) is 1.80. The predicted molar refractivity (Wildman–Crippen MR) is 196 cm³/mol. The first kappa shape index (κ1) is 35.8. The number of halogens is 1. The van der Waals surface area contributed by atoms with Crippen LogP contribution >= 0.6 is 15.9 Å². The lowest BCUT2D eigenvalue weighted by Gasteiger charge is -2.39. The lowest BCUT2D eigenvalue weighted by atomic mass is 9.74. The van der Waals surface area contributed by atoms with E-state index in [0.717, 1.165) is 5.56 Å². The minimum absolute atomic E-state index is 0.121. The molecule has 0 saturated carbocycles. The van der Waals surface area contributed by atoms with Gasteiger partial charge in [0, 0.05) is 31.0 Å². The molecule has 3 amide bonds. The number of aliphatic hydroxyl groups is 1. The summed E-state index contributed by atoms with van der Waals surface area (Å²) in [7, 11) is 1.70. The molecule has 1 spiro atoms. The molecular weight excluding hydrogens is 726 g/mol. The van der Waals surface area contributed by atoms with E-state index >= 15 is 9.59 Å². The van der Waals surface area contributed by atoms with Crippen LogP contribution in [0.2, 0.25) is 0 Å². The Kier molecular flexibility index (Phi) is 10.2. The van der Waals surface area contributed by atoms with Crippen LogP contribution in [0.1, 0.15) is 48.6 Å². The first-order valence-electron chi connectivity index (χ1n) is 17.7. The highest BCUT2D eigenvalue weighted by Gasteiger charge is 2.75. The molecule has 4 aliphatic heterocycles. The highest BCUT2D eigenvalue weighted by atomic mass is 79.9. The molecule has 2 saturated heterocycles. The Morgan fingerprint density at radius 3 is 2.21 bits per heavy atom. The third kappa shape index (κ3) is 6.28. The van der Waals surface area contributed by atoms with E-state index in [2.05, 4.69) is 15.9 Å². The van der Waals surface area contributed by atoms with Crippen molar-refractivity contribution in [2.45, 2.75) is 62.2 Å². The molecule has 0 aromatic heterocycles. The lowest BCUT2D eigenvalue weighted by molar-refractivity contribution is -0.164. The number of esters is 1. The molecule has 11 heteroatoms. The van der Waals surface area contributed by atoms with Crippen molar-refractivity contribution in [2.24, 2.45) is 11.8 Å². The predicted octanol–water partition coefficient (Wildman–Crippen LogP) is 5.10. The topological polar surface area (TPSA) is 117 Å². The molecule has 10 nitrogen and oxygen atoms in total. The number of benzene rings is 3. The van der Waals surface area contributed by atoms with Crippen molar-refractivity contribution in [1.82, 2.24) is 14.7 Å². The van der Waals surface area contributed by atoms with Crippen LogP contribution in [-0.4, -0.2) is 87.5 Å². The Morgan fingerprint density at radius 2 is 1.54 bits per heavy atom. The molecule has 8 atom stereocenters. The van der Waals surface area contributed by atoms with Crippen molar-refractivity contribution in [3.63, 3.8) is 0 Å². The van der Waals surface area contributed by atoms with Crippen molar-refractivity contribution in [1.29, 1.82) is 0 Å². The summed E-state index contributed by atoms with van der Waals surface area (Å²) in [5, 5.41) is 10.9. The maximum Gasteiger partial charge on any atom is 0.313 e. The van der Waals surface area contributed by atoms with Crippen molar-refractivity contribution in [3.05, 3.63) is 130 Å². The van der Waals surface area contributed by atoms with E-state index < -0.39 is 66.3 Å². The van der Waals surface area contributed by atoms with Crippen LogP contribution in [0.15, 0.2) is 114 Å². The maximum absolute atomic E-state index is 15.2. The number of aliphatic hydroxyl groups excluding tert-OH is 1. The number of allylic oxidation sites excluding steroid dienone is 1. The number of likely N-dealkylation sites (tertiary alicyclic amines) is 1. The molecule has 3 aromatic rings. The quantitative estimate of drug-likeness (QED) is 0.274. The summed E-state index contributed by atoms with van der Waals surface area (Å²) < 4.78 is 13.6. The van der Waals surface area contributed by atoms with Gasteiger partial charge in [-0.3, -0.25) is 19.2 Å². The monoisotopic (exact) mass is 767 g/mol. The van der Waals surface area contributed by atoms with Crippen LogP contribution in [0.4, 0.5) is 0 Å². The number of hydrogen-bond donors (Lipinski definition) is 1. The van der Waals surface area contributed by atoms with E-state index in [4.69, 9.17) is 9.47 Å². The zero-order valence-electron chi connectivity index (χ0n) is 29.1. The van der Waals surface area contributed by atoms with Gasteiger partial charge in [0.1, 0.15) is 29.8 Å². The van der Waals surface area contributed by atoms with E-state index in [1.807, 2.05) is 110 Å². The first-order chi connectivity index (χ1) is 25.2. The Hall–Kier alpha value is -4.58. The van der Waals surface area contributed by atoms with Crippen LogP contribution in [0.5, 0.6) is 0 Å². The smallest absolute Gasteiger partial charge is 0.313 e. The van der Waals surface area contributed by atoms with E-state index in [-0.39, 0.29) is 31.3 Å². The molecule has 1 N–H and O–H groups in total. The molecule has 3 aromatic carbocycles. The Bertz CT molecular complexity index is 1870. The Labute approximate surface area is 311 Å². The number of ether oxygens (including phenoxy) is 2. The molecule has 0 radical (unpaired) electrons. The number of likely N-dealkylation sites (N-methyl/N-ethyl adjacent to an activating group) is 1. The van der Waals surface area contributed by atoms with Gasteiger partial charge in [0.2, 0.25) is 17.7 Å². The van der Waals surface area contributed by atoms with Crippen LogP contribution in [0.25, 0.3) is 0 Å². The molecule has 270 valence electrons. The molecule has 5 bridgehead atoms. The van der Waals surface area contributed by atoms with E-state index in [0.29, 0.717) is 22.0 Å². The third-order valence-corrected chi connectivity index (χ3v) is 11.6. The number of hydrogen-bond acceptors (Lipinski definition) is 7. The number of rotatable bonds is 6. The molecule has 2 fully saturated rings.